The molecule has 1 aromatic heterocycles. The molecule has 0 amide bonds. The van der Waals surface area contributed by atoms with Gasteiger partial charge in [0.15, 0.2) is 0 Å². The van der Waals surface area contributed by atoms with Crippen molar-refractivity contribution in [1.82, 2.24) is 4.98 Å². The van der Waals surface area contributed by atoms with Crippen LogP contribution < -0.4 is 4.90 Å². The monoisotopic (exact) mass is 230 g/mol. The van der Waals surface area contributed by atoms with Crippen LogP contribution in [0.15, 0.2) is 16.7 Å². The molecule has 0 radical (unpaired) electrons. The largest absolute Gasteiger partial charge is 0.390 e. The first-order chi connectivity index (χ1) is 5.65. The van der Waals surface area contributed by atoms with Crippen molar-refractivity contribution in [1.29, 1.82) is 0 Å². The van der Waals surface area contributed by atoms with Crippen molar-refractivity contribution in [3.05, 3.63) is 22.4 Å². The fraction of sp³-hybridized carbons (Fsp3) is 0.375. The fourth-order valence-corrected chi connectivity index (χ4v) is 1.47. The summed E-state index contributed by atoms with van der Waals surface area (Å²) in [5.41, 5.74) is 1.70. The molecule has 0 spiro atoms. The number of aliphatic hydroxyl groups is 1. The van der Waals surface area contributed by atoms with Crippen LogP contribution in [-0.4, -0.2) is 24.2 Å². The molecule has 1 aromatic rings. The summed E-state index contributed by atoms with van der Waals surface area (Å²) >= 11 is 3.37. The van der Waals surface area contributed by atoms with Gasteiger partial charge in [0, 0.05) is 20.3 Å². The Labute approximate surface area is 80.2 Å². The third kappa shape index (κ3) is 1.95. The number of hydrogen-bond donors (Lipinski definition) is 1. The molecule has 0 fully saturated rings. The highest BCUT2D eigenvalue weighted by Crippen LogP contribution is 2.23. The Kier molecular flexibility index (Phi) is 3.05. The minimum Gasteiger partial charge on any atom is -0.390 e. The van der Waals surface area contributed by atoms with E-state index in [-0.39, 0.29) is 6.61 Å². The van der Waals surface area contributed by atoms with Crippen LogP contribution in [0.2, 0.25) is 0 Å². The molecule has 0 aliphatic carbocycles. The third-order valence-electron chi connectivity index (χ3n) is 1.54. The van der Waals surface area contributed by atoms with E-state index in [4.69, 9.17) is 5.11 Å². The van der Waals surface area contributed by atoms with Crippen molar-refractivity contribution in [2.45, 2.75) is 6.61 Å². The van der Waals surface area contributed by atoms with Gasteiger partial charge in [0.1, 0.15) is 0 Å². The summed E-state index contributed by atoms with van der Waals surface area (Å²) in [5.74, 6) is 0. The predicted molar refractivity (Wildman–Crippen MR) is 52.2 cm³/mol. The van der Waals surface area contributed by atoms with Gasteiger partial charge in [0.25, 0.3) is 0 Å². The molecule has 0 atom stereocenters. The van der Waals surface area contributed by atoms with Gasteiger partial charge in [-0.3, -0.25) is 4.98 Å². The van der Waals surface area contributed by atoms with Crippen LogP contribution in [0.4, 0.5) is 5.69 Å². The maximum absolute atomic E-state index is 8.84. The van der Waals surface area contributed by atoms with E-state index >= 15 is 0 Å². The smallest absolute Gasteiger partial charge is 0.0853 e. The summed E-state index contributed by atoms with van der Waals surface area (Å²) in [6.45, 7) is -0.0197. The second kappa shape index (κ2) is 3.87. The topological polar surface area (TPSA) is 36.4 Å². The number of anilines is 1. The van der Waals surface area contributed by atoms with Gasteiger partial charge in [-0.1, -0.05) is 0 Å². The lowest BCUT2D eigenvalue weighted by atomic mass is 10.3. The summed E-state index contributed by atoms with van der Waals surface area (Å²) in [5, 5.41) is 8.84. The number of pyridine rings is 1. The average Bonchev–Trinajstić information content (AvgIpc) is 2.05. The zero-order valence-corrected chi connectivity index (χ0v) is 8.67. The lowest BCUT2D eigenvalue weighted by molar-refractivity contribution is 0.277. The molecule has 0 saturated heterocycles. The Morgan fingerprint density at radius 2 is 2.25 bits per heavy atom. The summed E-state index contributed by atoms with van der Waals surface area (Å²) in [7, 11) is 3.89. The number of aromatic nitrogens is 1. The molecule has 66 valence electrons. The highest BCUT2D eigenvalue weighted by Gasteiger charge is 2.03. The summed E-state index contributed by atoms with van der Waals surface area (Å²) in [4.78, 5) is 5.98. The van der Waals surface area contributed by atoms with E-state index in [0.717, 1.165) is 10.2 Å². The van der Waals surface area contributed by atoms with Crippen LogP contribution >= 0.6 is 15.9 Å². The van der Waals surface area contributed by atoms with Gasteiger partial charge >= 0.3 is 0 Å². The summed E-state index contributed by atoms with van der Waals surface area (Å²) in [6, 6.07) is 1.85. The molecule has 1 rings (SSSR count). The van der Waals surface area contributed by atoms with Gasteiger partial charge in [0.2, 0.25) is 0 Å². The molecule has 1 heterocycles. The lowest BCUT2D eigenvalue weighted by Crippen LogP contribution is -2.10. The standard InChI is InChI=1S/C8H11BrN2O/c1-11(2)8-3-6(5-12)10-4-7(8)9/h3-4,12H,5H2,1-2H3. The van der Waals surface area contributed by atoms with Crippen molar-refractivity contribution in [2.75, 3.05) is 19.0 Å². The van der Waals surface area contributed by atoms with Crippen LogP contribution in [0, 0.1) is 0 Å². The molecule has 1 N–H and O–H groups in total. The number of nitrogens with zero attached hydrogens (tertiary/aromatic N) is 2. The SMILES string of the molecule is CN(C)c1cc(CO)ncc1Br. The quantitative estimate of drug-likeness (QED) is 0.835. The molecule has 0 aromatic carbocycles. The zero-order chi connectivity index (χ0) is 9.14. The molecule has 0 bridgehead atoms. The van der Waals surface area contributed by atoms with E-state index in [1.807, 2.05) is 25.1 Å². The van der Waals surface area contributed by atoms with Crippen LogP contribution in [0.1, 0.15) is 5.69 Å². The second-order valence-corrected chi connectivity index (χ2v) is 3.53. The highest BCUT2D eigenvalue weighted by molar-refractivity contribution is 9.10. The van der Waals surface area contributed by atoms with Crippen molar-refractivity contribution in [3.63, 3.8) is 0 Å². The Morgan fingerprint density at radius 3 is 2.75 bits per heavy atom. The minimum absolute atomic E-state index is 0.0197. The molecule has 0 aliphatic rings. The van der Waals surface area contributed by atoms with Gasteiger partial charge < -0.3 is 10.0 Å². The van der Waals surface area contributed by atoms with Crippen LogP contribution in [-0.2, 0) is 6.61 Å². The Hall–Kier alpha value is -0.610. The molecule has 0 saturated carbocycles. The van der Waals surface area contributed by atoms with Crippen LogP contribution in [0.5, 0.6) is 0 Å². The van der Waals surface area contributed by atoms with E-state index in [1.165, 1.54) is 0 Å². The van der Waals surface area contributed by atoms with Gasteiger partial charge in [-0.25, -0.2) is 0 Å². The maximum atomic E-state index is 8.84. The van der Waals surface area contributed by atoms with E-state index in [1.54, 1.807) is 6.20 Å². The fourth-order valence-electron chi connectivity index (χ4n) is 0.899. The summed E-state index contributed by atoms with van der Waals surface area (Å²) in [6.07, 6.45) is 1.70. The third-order valence-corrected chi connectivity index (χ3v) is 2.15. The van der Waals surface area contributed by atoms with E-state index in [2.05, 4.69) is 20.9 Å². The van der Waals surface area contributed by atoms with Crippen LogP contribution in [0.3, 0.4) is 0 Å². The van der Waals surface area contributed by atoms with E-state index < -0.39 is 0 Å². The number of rotatable bonds is 2. The lowest BCUT2D eigenvalue weighted by Gasteiger charge is -2.14. The predicted octanol–water partition coefficient (Wildman–Crippen LogP) is 1.40. The molecule has 12 heavy (non-hydrogen) atoms. The van der Waals surface area contributed by atoms with Gasteiger partial charge in [-0.2, -0.15) is 0 Å². The maximum Gasteiger partial charge on any atom is 0.0853 e. The first-order valence-corrected chi connectivity index (χ1v) is 4.37. The van der Waals surface area contributed by atoms with Crippen molar-refractivity contribution >= 4 is 21.6 Å². The zero-order valence-electron chi connectivity index (χ0n) is 7.08. The van der Waals surface area contributed by atoms with Crippen molar-refractivity contribution < 1.29 is 5.11 Å². The van der Waals surface area contributed by atoms with E-state index in [9.17, 15) is 0 Å². The number of hydrogen-bond acceptors (Lipinski definition) is 3. The Balaban J connectivity index is 3.08. The van der Waals surface area contributed by atoms with E-state index in [0.29, 0.717) is 5.69 Å². The average molecular weight is 231 g/mol. The van der Waals surface area contributed by atoms with Crippen LogP contribution in [0.25, 0.3) is 0 Å². The first-order valence-electron chi connectivity index (χ1n) is 3.57. The first kappa shape index (κ1) is 9.48. The van der Waals surface area contributed by atoms with Gasteiger partial charge in [-0.05, 0) is 22.0 Å². The molecule has 3 nitrogen and oxygen atoms in total. The molecule has 4 heteroatoms. The van der Waals surface area contributed by atoms with Gasteiger partial charge in [0.05, 0.1) is 22.5 Å². The molecular formula is C8H11BrN2O. The van der Waals surface area contributed by atoms with Gasteiger partial charge in [-0.15, -0.1) is 0 Å². The normalized spacial score (nSPS) is 10.0. The Bertz CT molecular complexity index is 276. The highest BCUT2D eigenvalue weighted by atomic mass is 79.9. The molecule has 0 aliphatic heterocycles. The molecular weight excluding hydrogens is 220 g/mol. The van der Waals surface area contributed by atoms with Crippen molar-refractivity contribution in [3.8, 4) is 0 Å². The minimum atomic E-state index is -0.0197. The molecule has 0 unspecified atom stereocenters. The Morgan fingerprint density at radius 1 is 1.58 bits per heavy atom. The number of halogens is 1. The number of aliphatic hydroxyl groups excluding tert-OH is 1. The van der Waals surface area contributed by atoms with Crippen molar-refractivity contribution in [2.24, 2.45) is 0 Å². The second-order valence-electron chi connectivity index (χ2n) is 2.68. The summed E-state index contributed by atoms with van der Waals surface area (Å²) < 4.78 is 0.935.